The van der Waals surface area contributed by atoms with Crippen LogP contribution in [-0.4, -0.2) is 50.2 Å². The van der Waals surface area contributed by atoms with E-state index in [0.29, 0.717) is 24.5 Å². The molecule has 4 heterocycles. The van der Waals surface area contributed by atoms with Gasteiger partial charge >= 0.3 is 6.18 Å². The van der Waals surface area contributed by atoms with Gasteiger partial charge in [-0.15, -0.1) is 10.2 Å². The Hall–Kier alpha value is -2.88. The number of piperidine rings is 1. The third kappa shape index (κ3) is 3.90. The number of hydrogen-bond donors (Lipinski definition) is 0. The van der Waals surface area contributed by atoms with Crippen LogP contribution < -0.4 is 4.90 Å². The van der Waals surface area contributed by atoms with Crippen molar-refractivity contribution in [1.29, 1.82) is 0 Å². The lowest BCUT2D eigenvalue weighted by molar-refractivity contribution is -0.148. The molecule has 5 rings (SSSR count). The zero-order chi connectivity index (χ0) is 23.3. The Morgan fingerprint density at radius 2 is 1.94 bits per heavy atom. The Bertz CT molecular complexity index is 1210. The van der Waals surface area contributed by atoms with Crippen LogP contribution >= 0.6 is 11.6 Å². The minimum absolute atomic E-state index is 0.0365. The number of carbonyl (C=O) groups excluding carboxylic acids is 1. The number of para-hydroxylation sites is 1. The molecule has 0 bridgehead atoms. The fourth-order valence-corrected chi connectivity index (χ4v) is 5.20. The van der Waals surface area contributed by atoms with Crippen molar-refractivity contribution >= 4 is 34.1 Å². The van der Waals surface area contributed by atoms with Gasteiger partial charge in [-0.2, -0.15) is 13.2 Å². The van der Waals surface area contributed by atoms with Gasteiger partial charge in [0.2, 0.25) is 11.7 Å². The SMILES string of the molecule is C[C@@H]1CN(c2c(Cl)cnc3ccccc23)CC[C@@H]1C(=O)N1CCn2c(nnc2C(F)(F)F)C1. The third-order valence-corrected chi connectivity index (χ3v) is 6.84. The van der Waals surface area contributed by atoms with Crippen LogP contribution in [0.15, 0.2) is 30.5 Å². The van der Waals surface area contributed by atoms with Crippen LogP contribution in [0.1, 0.15) is 25.0 Å². The molecule has 33 heavy (non-hydrogen) atoms. The molecule has 1 fully saturated rings. The van der Waals surface area contributed by atoms with Crippen molar-refractivity contribution in [2.45, 2.75) is 32.6 Å². The molecular formula is C22H22ClF3N6O. The van der Waals surface area contributed by atoms with Crippen LogP contribution in [0.4, 0.5) is 18.9 Å². The number of rotatable bonds is 2. The minimum atomic E-state index is -4.56. The molecule has 1 aromatic carbocycles. The predicted octanol–water partition coefficient (Wildman–Crippen LogP) is 4.00. The standard InChI is InChI=1S/C22H22ClF3N6O/c1-13-11-30(19-15-4-2-3-5-17(15)27-10-16(19)23)7-6-14(13)20(33)31-8-9-32-18(12-31)28-29-21(32)22(24,25)26/h2-5,10,13-14H,6-9,11-12H2,1H3/t13-,14+/m1/s1. The molecule has 2 aliphatic heterocycles. The molecule has 2 aliphatic rings. The first-order valence-corrected chi connectivity index (χ1v) is 11.2. The van der Waals surface area contributed by atoms with Gasteiger partial charge in [-0.05, 0) is 18.4 Å². The Labute approximate surface area is 193 Å². The molecule has 0 radical (unpaired) electrons. The van der Waals surface area contributed by atoms with Gasteiger partial charge in [0.25, 0.3) is 0 Å². The summed E-state index contributed by atoms with van der Waals surface area (Å²) in [5, 5.41) is 8.51. The maximum Gasteiger partial charge on any atom is 0.451 e. The number of hydrogen-bond acceptors (Lipinski definition) is 5. The first-order chi connectivity index (χ1) is 15.7. The van der Waals surface area contributed by atoms with E-state index in [1.54, 1.807) is 11.1 Å². The second kappa shape index (κ2) is 8.16. The maximum absolute atomic E-state index is 13.3. The summed E-state index contributed by atoms with van der Waals surface area (Å²) >= 11 is 6.51. The van der Waals surface area contributed by atoms with Gasteiger partial charge in [-0.25, -0.2) is 0 Å². The van der Waals surface area contributed by atoms with Crippen molar-refractivity contribution in [3.8, 4) is 0 Å². The molecule has 2 aromatic heterocycles. The van der Waals surface area contributed by atoms with E-state index in [4.69, 9.17) is 11.6 Å². The fourth-order valence-electron chi connectivity index (χ4n) is 4.93. The monoisotopic (exact) mass is 478 g/mol. The van der Waals surface area contributed by atoms with E-state index >= 15 is 0 Å². The lowest BCUT2D eigenvalue weighted by atomic mass is 9.85. The third-order valence-electron chi connectivity index (χ3n) is 6.56. The number of fused-ring (bicyclic) bond motifs is 2. The van der Waals surface area contributed by atoms with Gasteiger partial charge < -0.3 is 14.4 Å². The van der Waals surface area contributed by atoms with Crippen molar-refractivity contribution in [2.75, 3.05) is 24.5 Å². The number of nitrogens with zero attached hydrogens (tertiary/aromatic N) is 6. The smallest absolute Gasteiger partial charge is 0.369 e. The highest BCUT2D eigenvalue weighted by molar-refractivity contribution is 6.34. The minimum Gasteiger partial charge on any atom is -0.369 e. The van der Waals surface area contributed by atoms with Crippen molar-refractivity contribution in [1.82, 2.24) is 24.6 Å². The average molecular weight is 479 g/mol. The molecular weight excluding hydrogens is 457 g/mol. The molecule has 0 saturated carbocycles. The fraction of sp³-hybridized carbons (Fsp3) is 0.455. The van der Waals surface area contributed by atoms with E-state index in [9.17, 15) is 18.0 Å². The number of pyridine rings is 1. The number of carbonyl (C=O) groups is 1. The first-order valence-electron chi connectivity index (χ1n) is 10.8. The summed E-state index contributed by atoms with van der Waals surface area (Å²) in [6.45, 7) is 3.61. The topological polar surface area (TPSA) is 67.2 Å². The Morgan fingerprint density at radius 1 is 1.15 bits per heavy atom. The van der Waals surface area contributed by atoms with Crippen LogP contribution in [-0.2, 0) is 24.1 Å². The van der Waals surface area contributed by atoms with Crippen LogP contribution in [0, 0.1) is 11.8 Å². The van der Waals surface area contributed by atoms with E-state index < -0.39 is 12.0 Å². The molecule has 7 nitrogen and oxygen atoms in total. The lowest BCUT2D eigenvalue weighted by Gasteiger charge is -2.40. The number of halogens is 4. The number of benzene rings is 1. The normalized spacial score (nSPS) is 21.4. The molecule has 174 valence electrons. The van der Waals surface area contributed by atoms with Crippen LogP contribution in [0.5, 0.6) is 0 Å². The molecule has 0 unspecified atom stereocenters. The van der Waals surface area contributed by atoms with Crippen molar-refractivity contribution in [3.63, 3.8) is 0 Å². The Balaban J connectivity index is 1.31. The van der Waals surface area contributed by atoms with E-state index in [-0.39, 0.29) is 43.2 Å². The highest BCUT2D eigenvalue weighted by Crippen LogP contribution is 2.37. The molecule has 0 N–H and O–H groups in total. The highest BCUT2D eigenvalue weighted by atomic mass is 35.5. The van der Waals surface area contributed by atoms with Gasteiger partial charge in [0.1, 0.15) is 0 Å². The average Bonchev–Trinajstić information content (AvgIpc) is 3.22. The van der Waals surface area contributed by atoms with E-state index in [2.05, 4.69) is 20.1 Å². The predicted molar refractivity (Wildman–Crippen MR) is 117 cm³/mol. The molecule has 0 spiro atoms. The Kier molecular flexibility index (Phi) is 5.43. The zero-order valence-corrected chi connectivity index (χ0v) is 18.6. The van der Waals surface area contributed by atoms with Crippen LogP contribution in [0.25, 0.3) is 10.9 Å². The lowest BCUT2D eigenvalue weighted by Crippen LogP contribution is -2.49. The van der Waals surface area contributed by atoms with E-state index in [1.807, 2.05) is 31.2 Å². The van der Waals surface area contributed by atoms with Crippen molar-refractivity contribution < 1.29 is 18.0 Å². The second-order valence-corrected chi connectivity index (χ2v) is 9.05. The van der Waals surface area contributed by atoms with Gasteiger partial charge in [0.05, 0.1) is 22.8 Å². The quantitative estimate of drug-likeness (QED) is 0.557. The molecule has 11 heteroatoms. The summed E-state index contributed by atoms with van der Waals surface area (Å²) in [7, 11) is 0. The molecule has 0 aliphatic carbocycles. The summed E-state index contributed by atoms with van der Waals surface area (Å²) in [5.41, 5.74) is 1.78. The number of anilines is 1. The first kappa shape index (κ1) is 21.9. The van der Waals surface area contributed by atoms with Crippen molar-refractivity contribution in [2.24, 2.45) is 11.8 Å². The number of aromatic nitrogens is 4. The molecule has 2 atom stereocenters. The van der Waals surface area contributed by atoms with E-state index in [1.165, 1.54) is 0 Å². The number of alkyl halides is 3. The van der Waals surface area contributed by atoms with Gasteiger partial charge in [-0.3, -0.25) is 9.78 Å². The van der Waals surface area contributed by atoms with Gasteiger partial charge in [0, 0.05) is 43.7 Å². The second-order valence-electron chi connectivity index (χ2n) is 8.64. The molecule has 1 amide bonds. The van der Waals surface area contributed by atoms with Crippen molar-refractivity contribution in [3.05, 3.63) is 47.1 Å². The molecule has 1 saturated heterocycles. The summed E-state index contributed by atoms with van der Waals surface area (Å²) in [6, 6.07) is 7.80. The summed E-state index contributed by atoms with van der Waals surface area (Å²) < 4.78 is 40.3. The maximum atomic E-state index is 13.3. The van der Waals surface area contributed by atoms with Crippen LogP contribution in [0.2, 0.25) is 5.02 Å². The Morgan fingerprint density at radius 3 is 2.70 bits per heavy atom. The number of amides is 1. The molecule has 3 aromatic rings. The van der Waals surface area contributed by atoms with E-state index in [0.717, 1.165) is 21.2 Å². The summed E-state index contributed by atoms with van der Waals surface area (Å²) in [4.78, 5) is 21.5. The highest BCUT2D eigenvalue weighted by Gasteiger charge is 2.41. The van der Waals surface area contributed by atoms with Crippen LogP contribution in [0.3, 0.4) is 0 Å². The van der Waals surface area contributed by atoms with Gasteiger partial charge in [0.15, 0.2) is 5.82 Å². The summed E-state index contributed by atoms with van der Waals surface area (Å²) in [6.07, 6.45) is -2.28. The van der Waals surface area contributed by atoms with Gasteiger partial charge in [-0.1, -0.05) is 36.7 Å². The largest absolute Gasteiger partial charge is 0.451 e. The zero-order valence-electron chi connectivity index (χ0n) is 17.9. The summed E-state index contributed by atoms with van der Waals surface area (Å²) in [5.74, 6) is -1.06.